The van der Waals surface area contributed by atoms with E-state index in [0.717, 1.165) is 18.2 Å². The summed E-state index contributed by atoms with van der Waals surface area (Å²) in [6.07, 6.45) is -4.53. The Morgan fingerprint density at radius 2 is 1.42 bits per heavy atom. The molecule has 1 aromatic heterocycles. The summed E-state index contributed by atoms with van der Waals surface area (Å²) in [5.74, 6) is -0.501. The highest BCUT2D eigenvalue weighted by atomic mass is 32.2. The van der Waals surface area contributed by atoms with E-state index in [-0.39, 0.29) is 10.5 Å². The summed E-state index contributed by atoms with van der Waals surface area (Å²) in [7, 11) is -3.91. The largest absolute Gasteiger partial charge is 0.425 e. The van der Waals surface area contributed by atoms with E-state index in [2.05, 4.69) is 0 Å². The molecule has 0 aliphatic carbocycles. The molecule has 0 spiro atoms. The Hall–Kier alpha value is -2.23. The summed E-state index contributed by atoms with van der Waals surface area (Å²) in [5, 5.41) is 5.03. The summed E-state index contributed by atoms with van der Waals surface area (Å²) in [5.41, 5.74) is 1.10. The molecular formula is C17H11F4NO2S2. The molecule has 0 atom stereocenters. The third kappa shape index (κ3) is 3.79. The molecule has 0 aliphatic heterocycles. The van der Waals surface area contributed by atoms with E-state index in [4.69, 9.17) is 5.14 Å². The molecule has 0 fully saturated rings. The maximum absolute atomic E-state index is 13.2. The third-order valence-corrected chi connectivity index (χ3v) is 5.77. The van der Waals surface area contributed by atoms with Crippen LogP contribution in [-0.4, -0.2) is 8.42 Å². The maximum Gasteiger partial charge on any atom is 0.425 e. The number of rotatable bonds is 3. The first-order valence-electron chi connectivity index (χ1n) is 7.16. The Morgan fingerprint density at radius 1 is 0.885 bits per heavy atom. The highest BCUT2D eigenvalue weighted by Crippen LogP contribution is 2.45. The van der Waals surface area contributed by atoms with Gasteiger partial charge in [0.15, 0.2) is 0 Å². The number of hydrogen-bond donors (Lipinski definition) is 1. The zero-order chi connectivity index (χ0) is 19.1. The predicted molar refractivity (Wildman–Crippen MR) is 91.5 cm³/mol. The van der Waals surface area contributed by atoms with Gasteiger partial charge in [0, 0.05) is 10.4 Å². The smallest absolute Gasteiger partial charge is 0.225 e. The van der Waals surface area contributed by atoms with Gasteiger partial charge in [0.1, 0.15) is 10.7 Å². The van der Waals surface area contributed by atoms with Crippen LogP contribution in [0.3, 0.4) is 0 Å². The minimum absolute atomic E-state index is 0.141. The second-order valence-corrected chi connectivity index (χ2v) is 8.04. The van der Waals surface area contributed by atoms with Gasteiger partial charge in [0.25, 0.3) is 0 Å². The van der Waals surface area contributed by atoms with Crippen molar-refractivity contribution < 1.29 is 26.0 Å². The number of nitrogens with two attached hydrogens (primary N) is 1. The second-order valence-electron chi connectivity index (χ2n) is 5.43. The van der Waals surface area contributed by atoms with E-state index in [1.165, 1.54) is 36.4 Å². The number of halogens is 4. The second kappa shape index (κ2) is 6.49. The van der Waals surface area contributed by atoms with Gasteiger partial charge in [-0.05, 0) is 41.5 Å². The number of benzene rings is 2. The van der Waals surface area contributed by atoms with Gasteiger partial charge >= 0.3 is 6.18 Å². The van der Waals surface area contributed by atoms with Gasteiger partial charge in [-0.2, -0.15) is 13.2 Å². The van der Waals surface area contributed by atoms with Crippen molar-refractivity contribution in [1.29, 1.82) is 0 Å². The lowest BCUT2D eigenvalue weighted by molar-refractivity contribution is -0.134. The summed E-state index contributed by atoms with van der Waals surface area (Å²) >= 11 is 0.532. The fraction of sp³-hybridized carbons (Fsp3) is 0.0588. The molecule has 0 unspecified atom stereocenters. The molecule has 2 N–H and O–H groups in total. The van der Waals surface area contributed by atoms with Crippen LogP contribution in [0.4, 0.5) is 17.6 Å². The molecule has 0 amide bonds. The number of hydrogen-bond acceptors (Lipinski definition) is 3. The lowest BCUT2D eigenvalue weighted by Crippen LogP contribution is -2.11. The van der Waals surface area contributed by atoms with Gasteiger partial charge in [-0.3, -0.25) is 0 Å². The van der Waals surface area contributed by atoms with Crippen LogP contribution in [0.1, 0.15) is 4.88 Å². The average Bonchev–Trinajstić information content (AvgIpc) is 3.00. The number of thiophene rings is 1. The topological polar surface area (TPSA) is 60.2 Å². The lowest BCUT2D eigenvalue weighted by Gasteiger charge is -2.05. The Morgan fingerprint density at radius 3 is 1.92 bits per heavy atom. The predicted octanol–water partition coefficient (Wildman–Crippen LogP) is 4.89. The number of sulfonamides is 1. The molecular weight excluding hydrogens is 390 g/mol. The van der Waals surface area contributed by atoms with Gasteiger partial charge in [0.2, 0.25) is 10.0 Å². The van der Waals surface area contributed by atoms with E-state index in [0.29, 0.717) is 27.3 Å². The normalized spacial score (nSPS) is 12.3. The fourth-order valence-electron chi connectivity index (χ4n) is 2.39. The highest BCUT2D eigenvalue weighted by molar-refractivity contribution is 7.89. The highest BCUT2D eigenvalue weighted by Gasteiger charge is 2.34. The first-order valence-corrected chi connectivity index (χ1v) is 9.52. The Labute approximate surface area is 150 Å². The summed E-state index contributed by atoms with van der Waals surface area (Å²) in [6.45, 7) is 0. The van der Waals surface area contributed by atoms with E-state index in [9.17, 15) is 26.0 Å². The van der Waals surface area contributed by atoms with Crippen LogP contribution in [0, 0.1) is 5.82 Å². The molecule has 2 aromatic carbocycles. The lowest BCUT2D eigenvalue weighted by atomic mass is 10.0. The monoisotopic (exact) mass is 401 g/mol. The van der Waals surface area contributed by atoms with Crippen molar-refractivity contribution in [3.8, 4) is 21.6 Å². The van der Waals surface area contributed by atoms with Crippen LogP contribution in [0.15, 0.2) is 59.5 Å². The molecule has 0 radical (unpaired) electrons. The van der Waals surface area contributed by atoms with Crippen molar-refractivity contribution in [1.82, 2.24) is 0 Å². The van der Waals surface area contributed by atoms with Crippen LogP contribution in [-0.2, 0) is 16.2 Å². The van der Waals surface area contributed by atoms with Crippen molar-refractivity contribution in [2.24, 2.45) is 5.14 Å². The third-order valence-electron chi connectivity index (χ3n) is 3.61. The van der Waals surface area contributed by atoms with Gasteiger partial charge in [0.05, 0.1) is 4.90 Å². The van der Waals surface area contributed by atoms with Crippen molar-refractivity contribution in [3.05, 3.63) is 65.3 Å². The van der Waals surface area contributed by atoms with Gasteiger partial charge in [-0.25, -0.2) is 17.9 Å². The standard InChI is InChI=1S/C17H11F4NO2S2/c18-12-5-1-10(2-6-12)14-9-15(17(19,20)21)25-16(14)11-3-7-13(8-4-11)26(22,23)24/h1-9H,(H2,22,23,24). The molecule has 3 nitrogen and oxygen atoms in total. The van der Waals surface area contributed by atoms with Gasteiger partial charge in [-0.15, -0.1) is 11.3 Å². The molecule has 3 aromatic rings. The number of alkyl halides is 3. The minimum atomic E-state index is -4.53. The van der Waals surface area contributed by atoms with Crippen LogP contribution < -0.4 is 5.14 Å². The van der Waals surface area contributed by atoms with E-state index < -0.39 is 26.9 Å². The van der Waals surface area contributed by atoms with Crippen LogP contribution >= 0.6 is 11.3 Å². The van der Waals surface area contributed by atoms with E-state index in [1.54, 1.807) is 0 Å². The van der Waals surface area contributed by atoms with Gasteiger partial charge in [-0.1, -0.05) is 24.3 Å². The van der Waals surface area contributed by atoms with Crippen LogP contribution in [0.2, 0.25) is 0 Å². The fourth-order valence-corrected chi connectivity index (χ4v) is 3.95. The molecule has 0 bridgehead atoms. The first-order chi connectivity index (χ1) is 12.1. The van der Waals surface area contributed by atoms with Gasteiger partial charge < -0.3 is 0 Å². The number of primary sulfonamides is 1. The molecule has 9 heteroatoms. The van der Waals surface area contributed by atoms with Crippen molar-refractivity contribution >= 4 is 21.4 Å². The maximum atomic E-state index is 13.2. The first kappa shape index (κ1) is 18.6. The summed E-state index contributed by atoms with van der Waals surface area (Å²) in [4.78, 5) is -0.649. The molecule has 0 saturated heterocycles. The minimum Gasteiger partial charge on any atom is -0.225 e. The Balaban J connectivity index is 2.16. The Bertz CT molecular complexity index is 1040. The van der Waals surface area contributed by atoms with Crippen LogP contribution in [0.5, 0.6) is 0 Å². The summed E-state index contributed by atoms with van der Waals surface area (Å²) < 4.78 is 75.3. The van der Waals surface area contributed by atoms with Crippen LogP contribution in [0.25, 0.3) is 21.6 Å². The molecule has 26 heavy (non-hydrogen) atoms. The molecule has 1 heterocycles. The Kier molecular flexibility index (Phi) is 4.63. The average molecular weight is 401 g/mol. The van der Waals surface area contributed by atoms with Crippen molar-refractivity contribution in [3.63, 3.8) is 0 Å². The van der Waals surface area contributed by atoms with Crippen molar-refractivity contribution in [2.75, 3.05) is 0 Å². The SMILES string of the molecule is NS(=O)(=O)c1ccc(-c2sc(C(F)(F)F)cc2-c2ccc(F)cc2)cc1. The summed E-state index contributed by atoms with van der Waals surface area (Å²) in [6, 6.07) is 11.3. The quantitative estimate of drug-likeness (QED) is 0.636. The van der Waals surface area contributed by atoms with E-state index in [1.807, 2.05) is 0 Å². The molecule has 3 rings (SSSR count). The molecule has 0 aliphatic rings. The zero-order valence-corrected chi connectivity index (χ0v) is 14.6. The van der Waals surface area contributed by atoms with Crippen molar-refractivity contribution in [2.45, 2.75) is 11.1 Å². The molecule has 0 saturated carbocycles. The zero-order valence-electron chi connectivity index (χ0n) is 12.9. The van der Waals surface area contributed by atoms with E-state index >= 15 is 0 Å². The molecule has 136 valence electrons.